The zero-order valence-electron chi connectivity index (χ0n) is 10.3. The van der Waals surface area contributed by atoms with E-state index in [2.05, 4.69) is 13.8 Å². The summed E-state index contributed by atoms with van der Waals surface area (Å²) in [6, 6.07) is 5.91. The summed E-state index contributed by atoms with van der Waals surface area (Å²) < 4.78 is 11.2. The number of thioether (sulfide) groups is 1. The van der Waals surface area contributed by atoms with Gasteiger partial charge < -0.3 is 15.2 Å². The molecule has 1 aliphatic rings. The van der Waals surface area contributed by atoms with Crippen molar-refractivity contribution in [2.24, 2.45) is 5.73 Å². The van der Waals surface area contributed by atoms with Crippen LogP contribution in [0.1, 0.15) is 25.5 Å². The summed E-state index contributed by atoms with van der Waals surface area (Å²) in [4.78, 5) is 0. The Labute approximate surface area is 107 Å². The van der Waals surface area contributed by atoms with Gasteiger partial charge >= 0.3 is 0 Å². The molecule has 0 aliphatic carbocycles. The van der Waals surface area contributed by atoms with E-state index < -0.39 is 0 Å². The number of hydrogen-bond acceptors (Lipinski definition) is 4. The highest BCUT2D eigenvalue weighted by Crippen LogP contribution is 2.33. The fraction of sp³-hybridized carbons (Fsp3) is 0.538. The average molecular weight is 253 g/mol. The van der Waals surface area contributed by atoms with Crippen molar-refractivity contribution in [3.63, 3.8) is 0 Å². The van der Waals surface area contributed by atoms with Gasteiger partial charge in [0.05, 0.1) is 12.6 Å². The summed E-state index contributed by atoms with van der Waals surface area (Å²) in [6.45, 7) is 5.68. The van der Waals surface area contributed by atoms with Crippen LogP contribution in [0.5, 0.6) is 11.5 Å². The first-order valence-electron chi connectivity index (χ1n) is 5.93. The summed E-state index contributed by atoms with van der Waals surface area (Å²) in [5, 5.41) is 0.653. The highest BCUT2D eigenvalue weighted by atomic mass is 32.2. The van der Waals surface area contributed by atoms with Crippen LogP contribution in [0.3, 0.4) is 0 Å². The molecule has 1 atom stereocenters. The van der Waals surface area contributed by atoms with Gasteiger partial charge in [-0.25, -0.2) is 0 Å². The second kappa shape index (κ2) is 5.65. The van der Waals surface area contributed by atoms with Crippen molar-refractivity contribution in [2.75, 3.05) is 19.0 Å². The predicted octanol–water partition coefficient (Wildman–Crippen LogP) is 2.60. The molecular weight excluding hydrogens is 234 g/mol. The van der Waals surface area contributed by atoms with Crippen LogP contribution in [0.15, 0.2) is 18.2 Å². The quantitative estimate of drug-likeness (QED) is 0.819. The minimum Gasteiger partial charge on any atom is -0.493 e. The molecule has 4 heteroatoms. The SMILES string of the molecule is CC(C)SCCOc1ccc2c(c1)OCC2N. The molecule has 1 aromatic carbocycles. The Kier molecular flexibility index (Phi) is 4.18. The van der Waals surface area contributed by atoms with Gasteiger partial charge in [-0.3, -0.25) is 0 Å². The van der Waals surface area contributed by atoms with Gasteiger partial charge in [-0.2, -0.15) is 11.8 Å². The molecule has 1 aromatic rings. The summed E-state index contributed by atoms with van der Waals surface area (Å²) in [5.74, 6) is 2.74. The number of benzene rings is 1. The van der Waals surface area contributed by atoms with Gasteiger partial charge in [-0.15, -0.1) is 0 Å². The number of nitrogens with two attached hydrogens (primary N) is 1. The van der Waals surface area contributed by atoms with E-state index in [1.54, 1.807) is 0 Å². The lowest BCUT2D eigenvalue weighted by atomic mass is 10.1. The maximum Gasteiger partial charge on any atom is 0.127 e. The Morgan fingerprint density at radius 3 is 3.12 bits per heavy atom. The smallest absolute Gasteiger partial charge is 0.127 e. The standard InChI is InChI=1S/C13H19NO2S/c1-9(2)17-6-5-15-10-3-4-11-12(14)8-16-13(11)7-10/h3-4,7,9,12H,5-6,8,14H2,1-2H3. The van der Waals surface area contributed by atoms with E-state index in [1.165, 1.54) is 0 Å². The molecule has 1 unspecified atom stereocenters. The summed E-state index contributed by atoms with van der Waals surface area (Å²) >= 11 is 1.90. The van der Waals surface area contributed by atoms with Crippen LogP contribution in [0.4, 0.5) is 0 Å². The first kappa shape index (κ1) is 12.6. The Morgan fingerprint density at radius 2 is 2.35 bits per heavy atom. The Balaban J connectivity index is 1.86. The average Bonchev–Trinajstić information content (AvgIpc) is 2.66. The van der Waals surface area contributed by atoms with Crippen LogP contribution in [-0.2, 0) is 0 Å². The topological polar surface area (TPSA) is 44.5 Å². The molecule has 0 fully saturated rings. The molecule has 94 valence electrons. The lowest BCUT2D eigenvalue weighted by molar-refractivity contribution is 0.324. The fourth-order valence-electron chi connectivity index (χ4n) is 1.75. The molecule has 0 saturated carbocycles. The van der Waals surface area contributed by atoms with E-state index in [0.717, 1.165) is 29.4 Å². The molecule has 0 spiro atoms. The maximum atomic E-state index is 5.88. The third-order valence-electron chi connectivity index (χ3n) is 2.61. The molecule has 1 heterocycles. The molecule has 1 aliphatic heterocycles. The largest absolute Gasteiger partial charge is 0.493 e. The van der Waals surface area contributed by atoms with Crippen molar-refractivity contribution < 1.29 is 9.47 Å². The van der Waals surface area contributed by atoms with Crippen LogP contribution in [0, 0.1) is 0 Å². The molecular formula is C13H19NO2S. The number of ether oxygens (including phenoxy) is 2. The number of hydrogen-bond donors (Lipinski definition) is 1. The molecule has 0 amide bonds. The Bertz CT molecular complexity index is 382. The van der Waals surface area contributed by atoms with E-state index in [-0.39, 0.29) is 6.04 Å². The highest BCUT2D eigenvalue weighted by molar-refractivity contribution is 7.99. The highest BCUT2D eigenvalue weighted by Gasteiger charge is 2.20. The molecule has 3 nitrogen and oxygen atoms in total. The number of rotatable bonds is 5. The summed E-state index contributed by atoms with van der Waals surface area (Å²) in [5.41, 5.74) is 6.96. The molecule has 17 heavy (non-hydrogen) atoms. The van der Waals surface area contributed by atoms with Gasteiger partial charge in [0.15, 0.2) is 0 Å². The van der Waals surface area contributed by atoms with Crippen LogP contribution < -0.4 is 15.2 Å². The zero-order valence-corrected chi connectivity index (χ0v) is 11.1. The van der Waals surface area contributed by atoms with Gasteiger partial charge in [0, 0.05) is 17.4 Å². The van der Waals surface area contributed by atoms with Crippen LogP contribution in [-0.4, -0.2) is 24.2 Å². The lowest BCUT2D eigenvalue weighted by Crippen LogP contribution is -2.10. The number of fused-ring (bicyclic) bond motifs is 1. The molecule has 2 N–H and O–H groups in total. The van der Waals surface area contributed by atoms with E-state index in [9.17, 15) is 0 Å². The lowest BCUT2D eigenvalue weighted by Gasteiger charge is -2.09. The monoisotopic (exact) mass is 253 g/mol. The van der Waals surface area contributed by atoms with Crippen molar-refractivity contribution in [3.8, 4) is 11.5 Å². The first-order valence-corrected chi connectivity index (χ1v) is 6.98. The van der Waals surface area contributed by atoms with E-state index in [4.69, 9.17) is 15.2 Å². The van der Waals surface area contributed by atoms with Crippen molar-refractivity contribution in [1.29, 1.82) is 0 Å². The van der Waals surface area contributed by atoms with Gasteiger partial charge in [-0.05, 0) is 17.4 Å². The van der Waals surface area contributed by atoms with E-state index >= 15 is 0 Å². The van der Waals surface area contributed by atoms with Gasteiger partial charge in [0.1, 0.15) is 18.1 Å². The van der Waals surface area contributed by atoms with Gasteiger partial charge in [0.2, 0.25) is 0 Å². The van der Waals surface area contributed by atoms with Crippen molar-refractivity contribution in [2.45, 2.75) is 25.1 Å². The van der Waals surface area contributed by atoms with E-state index in [0.29, 0.717) is 11.9 Å². The summed E-state index contributed by atoms with van der Waals surface area (Å²) in [7, 11) is 0. The van der Waals surface area contributed by atoms with Gasteiger partial charge in [-0.1, -0.05) is 13.8 Å². The predicted molar refractivity (Wildman–Crippen MR) is 72.0 cm³/mol. The molecule has 0 aromatic heterocycles. The van der Waals surface area contributed by atoms with Crippen LogP contribution in [0.2, 0.25) is 0 Å². The normalized spacial score (nSPS) is 18.0. The third-order valence-corrected chi connectivity index (χ3v) is 3.68. The van der Waals surface area contributed by atoms with Crippen molar-refractivity contribution >= 4 is 11.8 Å². The second-order valence-corrected chi connectivity index (χ2v) is 6.07. The van der Waals surface area contributed by atoms with Crippen LogP contribution in [0.25, 0.3) is 0 Å². The van der Waals surface area contributed by atoms with Gasteiger partial charge in [0.25, 0.3) is 0 Å². The van der Waals surface area contributed by atoms with E-state index in [1.807, 2.05) is 30.0 Å². The first-order chi connectivity index (χ1) is 8.16. The fourth-order valence-corrected chi connectivity index (χ4v) is 2.40. The van der Waals surface area contributed by atoms with Crippen molar-refractivity contribution in [3.05, 3.63) is 23.8 Å². The second-order valence-electron chi connectivity index (χ2n) is 4.39. The molecule has 0 bridgehead atoms. The third kappa shape index (κ3) is 3.30. The Morgan fingerprint density at radius 1 is 1.53 bits per heavy atom. The molecule has 0 radical (unpaired) electrons. The molecule has 0 saturated heterocycles. The van der Waals surface area contributed by atoms with Crippen molar-refractivity contribution in [1.82, 2.24) is 0 Å². The zero-order chi connectivity index (χ0) is 12.3. The minimum atomic E-state index is 0.00977. The molecule has 2 rings (SSSR count). The maximum absolute atomic E-state index is 5.88. The van der Waals surface area contributed by atoms with Crippen LogP contribution >= 0.6 is 11.8 Å². The summed E-state index contributed by atoms with van der Waals surface area (Å²) in [6.07, 6.45) is 0. The minimum absolute atomic E-state index is 0.00977. The Hall–Kier alpha value is -0.870.